The van der Waals surface area contributed by atoms with Gasteiger partial charge in [-0.25, -0.2) is 4.79 Å². The summed E-state index contributed by atoms with van der Waals surface area (Å²) in [5.74, 6) is -2.72. The van der Waals surface area contributed by atoms with E-state index < -0.39 is 60.4 Å². The van der Waals surface area contributed by atoms with E-state index in [0.29, 0.717) is 12.0 Å². The lowest BCUT2D eigenvalue weighted by Crippen LogP contribution is -2.54. The molecule has 4 N–H and O–H groups in total. The highest BCUT2D eigenvalue weighted by molar-refractivity contribution is 5.95. The van der Waals surface area contributed by atoms with Crippen molar-refractivity contribution < 1.29 is 33.4 Å². The summed E-state index contributed by atoms with van der Waals surface area (Å²) in [5, 5.41) is 5.05. The van der Waals surface area contributed by atoms with Crippen molar-refractivity contribution >= 4 is 29.8 Å². The first-order valence-electron chi connectivity index (χ1n) is 14.2. The third kappa shape index (κ3) is 13.1. The van der Waals surface area contributed by atoms with Crippen LogP contribution in [0.25, 0.3) is 0 Å². The lowest BCUT2D eigenvalue weighted by Gasteiger charge is -2.35. The van der Waals surface area contributed by atoms with E-state index in [1.165, 1.54) is 12.0 Å². The average molecular weight is 577 g/mol. The molecule has 2 atom stereocenters. The molecule has 0 heterocycles. The maximum atomic E-state index is 14.1. The fourth-order valence-electron chi connectivity index (χ4n) is 4.31. The zero-order valence-electron chi connectivity index (χ0n) is 25.6. The van der Waals surface area contributed by atoms with Crippen molar-refractivity contribution in [3.8, 4) is 0 Å². The van der Waals surface area contributed by atoms with Gasteiger partial charge in [0.2, 0.25) is 17.7 Å². The van der Waals surface area contributed by atoms with E-state index in [2.05, 4.69) is 22.3 Å². The highest BCUT2D eigenvalue weighted by atomic mass is 16.6. The number of rotatable bonds is 16. The first-order valence-corrected chi connectivity index (χ1v) is 14.2. The number of hydrogen-bond donors (Lipinski definition) is 3. The molecule has 0 saturated heterocycles. The molecule has 1 aromatic rings. The van der Waals surface area contributed by atoms with Crippen molar-refractivity contribution in [1.82, 2.24) is 15.5 Å². The molecule has 41 heavy (non-hydrogen) atoms. The Bertz CT molecular complexity index is 1050. The van der Waals surface area contributed by atoms with Gasteiger partial charge in [0.05, 0.1) is 13.5 Å². The Morgan fingerprint density at radius 2 is 1.63 bits per heavy atom. The van der Waals surface area contributed by atoms with Gasteiger partial charge in [-0.1, -0.05) is 62.8 Å². The van der Waals surface area contributed by atoms with Gasteiger partial charge in [-0.3, -0.25) is 19.2 Å². The Hall–Kier alpha value is -3.63. The zero-order valence-corrected chi connectivity index (χ0v) is 25.6. The monoisotopic (exact) mass is 576 g/mol. The van der Waals surface area contributed by atoms with E-state index >= 15 is 0 Å². The molecule has 0 saturated carbocycles. The number of carbonyl (C=O) groups is 5. The largest absolute Gasteiger partial charge is 0.468 e. The van der Waals surface area contributed by atoms with Crippen LogP contribution in [-0.4, -0.2) is 66.5 Å². The fourth-order valence-corrected chi connectivity index (χ4v) is 4.31. The Morgan fingerprint density at radius 1 is 1.00 bits per heavy atom. The van der Waals surface area contributed by atoms with E-state index in [1.54, 1.807) is 20.8 Å². The number of nitrogens with one attached hydrogen (secondary N) is 2. The Labute approximate surface area is 243 Å². The Kier molecular flexibility index (Phi) is 14.9. The molecule has 230 valence electrons. The van der Waals surface area contributed by atoms with Crippen molar-refractivity contribution in [1.29, 1.82) is 0 Å². The lowest BCUT2D eigenvalue weighted by molar-refractivity contribution is -0.145. The van der Waals surface area contributed by atoms with Crippen LogP contribution in [0, 0.1) is 13.8 Å². The molecule has 1 rings (SSSR count). The number of amides is 4. The topological polar surface area (TPSA) is 157 Å². The fraction of sp³-hybridized carbons (Fsp3) is 0.633. The molecule has 4 amide bonds. The van der Waals surface area contributed by atoms with Gasteiger partial charge in [0.15, 0.2) is 0 Å². The molecule has 0 radical (unpaired) electrons. The minimum Gasteiger partial charge on any atom is -0.468 e. The molecule has 0 aliphatic heterocycles. The second-order valence-electron chi connectivity index (χ2n) is 11.2. The van der Waals surface area contributed by atoms with Crippen LogP contribution in [-0.2, 0) is 28.7 Å². The lowest BCUT2D eigenvalue weighted by atomic mass is 9.95. The highest BCUT2D eigenvalue weighted by Gasteiger charge is 2.37. The number of unbranched alkanes of at least 4 members (excludes halogenated alkanes) is 5. The molecule has 0 aromatic heterocycles. The van der Waals surface area contributed by atoms with Crippen LogP contribution < -0.4 is 16.4 Å². The molecule has 0 aliphatic rings. The molecule has 0 aliphatic carbocycles. The summed E-state index contributed by atoms with van der Waals surface area (Å²) >= 11 is 0. The van der Waals surface area contributed by atoms with E-state index in [0.717, 1.165) is 43.2 Å². The zero-order chi connectivity index (χ0) is 31.2. The van der Waals surface area contributed by atoms with Crippen LogP contribution in [0.1, 0.15) is 95.4 Å². The molecule has 11 nitrogen and oxygen atoms in total. The van der Waals surface area contributed by atoms with Gasteiger partial charge in [-0.05, 0) is 52.2 Å². The summed E-state index contributed by atoms with van der Waals surface area (Å²) in [5.41, 5.74) is 6.78. The van der Waals surface area contributed by atoms with Gasteiger partial charge in [0, 0.05) is 6.54 Å². The number of aryl methyl sites for hydroxylation is 2. The number of carbonyl (C=O) groups excluding carboxylic acids is 5. The second kappa shape index (κ2) is 17.2. The first-order chi connectivity index (χ1) is 19.2. The van der Waals surface area contributed by atoms with Gasteiger partial charge in [0.1, 0.15) is 24.2 Å². The van der Waals surface area contributed by atoms with Crippen LogP contribution in [0.15, 0.2) is 18.2 Å². The minimum absolute atomic E-state index is 0.167. The highest BCUT2D eigenvalue weighted by Crippen LogP contribution is 2.28. The number of nitrogens with zero attached hydrogens (tertiary/aromatic N) is 1. The number of alkyl carbamates (subject to hydrolysis) is 1. The molecule has 0 spiro atoms. The van der Waals surface area contributed by atoms with Crippen LogP contribution in [0.5, 0.6) is 0 Å². The number of hydrogen-bond acceptors (Lipinski definition) is 7. The molecule has 2 unspecified atom stereocenters. The van der Waals surface area contributed by atoms with Crippen molar-refractivity contribution in [2.75, 3.05) is 20.2 Å². The van der Waals surface area contributed by atoms with E-state index in [1.807, 2.05) is 32.0 Å². The summed E-state index contributed by atoms with van der Waals surface area (Å²) in [6.45, 7) is 10.6. The average Bonchev–Trinajstić information content (AvgIpc) is 2.88. The Balaban J connectivity index is 3.55. The number of nitrogens with two attached hydrogens (primary N) is 1. The normalized spacial score (nSPS) is 12.6. The third-order valence-electron chi connectivity index (χ3n) is 6.35. The predicted octanol–water partition coefficient (Wildman–Crippen LogP) is 3.59. The van der Waals surface area contributed by atoms with Gasteiger partial charge < -0.3 is 30.7 Å². The molecular formula is C30H48N4O7. The summed E-state index contributed by atoms with van der Waals surface area (Å²) in [7, 11) is 1.21. The number of benzene rings is 1. The van der Waals surface area contributed by atoms with Crippen molar-refractivity contribution in [3.05, 3.63) is 34.9 Å². The molecule has 1 aromatic carbocycles. The van der Waals surface area contributed by atoms with E-state index in [9.17, 15) is 24.0 Å². The van der Waals surface area contributed by atoms with E-state index in [-0.39, 0.29) is 6.54 Å². The summed E-state index contributed by atoms with van der Waals surface area (Å²) in [6.07, 6.45) is 4.21. The van der Waals surface area contributed by atoms with Crippen LogP contribution in [0.3, 0.4) is 0 Å². The smallest absolute Gasteiger partial charge is 0.408 e. The molecule has 0 bridgehead atoms. The molecular weight excluding hydrogens is 528 g/mol. The Morgan fingerprint density at radius 3 is 2.22 bits per heavy atom. The SMILES string of the molecule is CCCCCCCCN(C(=O)C(CC(N)=O)NC(=O)OC(C)(C)C)C(C(=O)NCC(=O)OC)c1cc(C)ccc1C. The summed E-state index contributed by atoms with van der Waals surface area (Å²) in [6, 6.07) is 3.02. The minimum atomic E-state index is -1.37. The first kappa shape index (κ1) is 35.4. The maximum Gasteiger partial charge on any atom is 0.408 e. The van der Waals surface area contributed by atoms with Crippen LogP contribution in [0.2, 0.25) is 0 Å². The van der Waals surface area contributed by atoms with Gasteiger partial charge in [-0.15, -0.1) is 0 Å². The second-order valence-corrected chi connectivity index (χ2v) is 11.2. The van der Waals surface area contributed by atoms with Gasteiger partial charge in [-0.2, -0.15) is 0 Å². The molecule has 11 heteroatoms. The summed E-state index contributed by atoms with van der Waals surface area (Å²) < 4.78 is 9.98. The number of methoxy groups -OCH3 is 1. The van der Waals surface area contributed by atoms with Crippen LogP contribution >= 0.6 is 0 Å². The van der Waals surface area contributed by atoms with Gasteiger partial charge in [0.25, 0.3) is 0 Å². The van der Waals surface area contributed by atoms with Gasteiger partial charge >= 0.3 is 12.1 Å². The maximum absolute atomic E-state index is 14.1. The van der Waals surface area contributed by atoms with Crippen molar-refractivity contribution in [3.63, 3.8) is 0 Å². The van der Waals surface area contributed by atoms with Crippen LogP contribution in [0.4, 0.5) is 4.79 Å². The summed E-state index contributed by atoms with van der Waals surface area (Å²) in [4.78, 5) is 65.6. The quantitative estimate of drug-likeness (QED) is 0.200. The predicted molar refractivity (Wildman–Crippen MR) is 156 cm³/mol. The number of ether oxygens (including phenoxy) is 2. The number of primary amides is 1. The van der Waals surface area contributed by atoms with Crippen molar-refractivity contribution in [2.45, 2.75) is 104 Å². The van der Waals surface area contributed by atoms with Crippen molar-refractivity contribution in [2.24, 2.45) is 5.73 Å². The standard InChI is InChI=1S/C30H48N4O7/c1-8-9-10-11-12-13-16-34(28(38)23(18-24(31)35)33-29(39)41-30(4,5)6)26(27(37)32-19-25(36)40-7)22-17-20(2)14-15-21(22)3/h14-15,17,23,26H,8-13,16,18-19H2,1-7H3,(H2,31,35)(H,32,37)(H,33,39). The van der Waals surface area contributed by atoms with E-state index in [4.69, 9.17) is 10.5 Å². The molecule has 0 fully saturated rings. The third-order valence-corrected chi connectivity index (χ3v) is 6.35. The number of esters is 1.